The number of fused-ring (bicyclic) bond motifs is 1. The summed E-state index contributed by atoms with van der Waals surface area (Å²) < 4.78 is 60.4. The van der Waals surface area contributed by atoms with Gasteiger partial charge in [-0.2, -0.15) is 0 Å². The summed E-state index contributed by atoms with van der Waals surface area (Å²) in [6.07, 6.45) is 6.57. The molecule has 8 nitrogen and oxygen atoms in total. The number of halogens is 2. The highest BCUT2D eigenvalue weighted by molar-refractivity contribution is 7.88. The summed E-state index contributed by atoms with van der Waals surface area (Å²) >= 11 is 0. The molecule has 0 amide bonds. The average Bonchev–Trinajstić information content (AvgIpc) is 3.34. The van der Waals surface area contributed by atoms with Crippen LogP contribution in [0.25, 0.3) is 22.2 Å². The predicted octanol–water partition coefficient (Wildman–Crippen LogP) is 3.66. The third kappa shape index (κ3) is 4.59. The van der Waals surface area contributed by atoms with E-state index in [0.717, 1.165) is 24.6 Å². The average molecular weight is 490 g/mol. The van der Waals surface area contributed by atoms with E-state index in [9.17, 15) is 17.2 Å². The molecule has 3 aromatic rings. The van der Waals surface area contributed by atoms with Crippen molar-refractivity contribution in [2.45, 2.75) is 37.8 Å². The monoisotopic (exact) mass is 489 g/mol. The first-order valence-electron chi connectivity index (χ1n) is 11.2. The molecule has 2 aliphatic heterocycles. The van der Waals surface area contributed by atoms with Gasteiger partial charge in [-0.15, -0.1) is 0 Å². The van der Waals surface area contributed by atoms with E-state index >= 15 is 0 Å². The molecule has 2 aliphatic rings. The smallest absolute Gasteiger partial charge is 0.223 e. The van der Waals surface area contributed by atoms with Gasteiger partial charge in [-0.05, 0) is 49.4 Å². The number of aromatic nitrogens is 3. The fraction of sp³-hybridized carbons (Fsp3) is 0.435. The van der Waals surface area contributed by atoms with Crippen molar-refractivity contribution < 1.29 is 21.9 Å². The van der Waals surface area contributed by atoms with Gasteiger partial charge < -0.3 is 10.1 Å². The molecule has 0 spiro atoms. The summed E-state index contributed by atoms with van der Waals surface area (Å²) in [5.41, 5.74) is 1.30. The molecule has 0 aliphatic carbocycles. The maximum absolute atomic E-state index is 15.0. The Morgan fingerprint density at radius 2 is 1.91 bits per heavy atom. The molecule has 34 heavy (non-hydrogen) atoms. The summed E-state index contributed by atoms with van der Waals surface area (Å²) in [6, 6.07) is 4.68. The molecule has 5 rings (SSSR count). The van der Waals surface area contributed by atoms with Crippen LogP contribution < -0.4 is 5.32 Å². The van der Waals surface area contributed by atoms with Crippen LogP contribution in [0.5, 0.6) is 0 Å². The maximum Gasteiger partial charge on any atom is 0.223 e. The highest BCUT2D eigenvalue weighted by atomic mass is 32.2. The van der Waals surface area contributed by atoms with Gasteiger partial charge >= 0.3 is 0 Å². The maximum atomic E-state index is 15.0. The molecular weight excluding hydrogens is 464 g/mol. The minimum Gasteiger partial charge on any atom is -0.374 e. The Balaban J connectivity index is 1.44. The highest BCUT2D eigenvalue weighted by Crippen LogP contribution is 2.36. The first-order valence-corrected chi connectivity index (χ1v) is 13.1. The summed E-state index contributed by atoms with van der Waals surface area (Å²) in [4.78, 5) is 12.5. The molecule has 4 heterocycles. The van der Waals surface area contributed by atoms with Crippen LogP contribution in [0.1, 0.15) is 37.4 Å². The van der Waals surface area contributed by atoms with Crippen LogP contribution in [0.15, 0.2) is 30.6 Å². The fourth-order valence-corrected chi connectivity index (χ4v) is 5.50. The lowest BCUT2D eigenvalue weighted by Gasteiger charge is -2.30. The van der Waals surface area contributed by atoms with Crippen LogP contribution in [0.3, 0.4) is 0 Å². The molecule has 2 fully saturated rings. The van der Waals surface area contributed by atoms with Crippen molar-refractivity contribution >= 4 is 26.9 Å². The number of ether oxygens (including phenoxy) is 1. The summed E-state index contributed by atoms with van der Waals surface area (Å²) in [7, 11) is -3.23. The van der Waals surface area contributed by atoms with Crippen molar-refractivity contribution in [2.24, 2.45) is 0 Å². The van der Waals surface area contributed by atoms with Gasteiger partial charge in [0.05, 0.1) is 18.6 Å². The normalized spacial score (nSPS) is 20.1. The van der Waals surface area contributed by atoms with E-state index in [0.29, 0.717) is 37.9 Å². The minimum atomic E-state index is -3.23. The van der Waals surface area contributed by atoms with Crippen molar-refractivity contribution in [1.82, 2.24) is 19.3 Å². The summed E-state index contributed by atoms with van der Waals surface area (Å²) in [5.74, 6) is -1.02. The lowest BCUT2D eigenvalue weighted by atomic mass is 9.99. The number of nitrogens with one attached hydrogen (secondary N) is 1. The second kappa shape index (κ2) is 9.12. The lowest BCUT2D eigenvalue weighted by Crippen LogP contribution is -2.42. The first kappa shape index (κ1) is 23.0. The molecule has 0 bridgehead atoms. The van der Waals surface area contributed by atoms with E-state index in [4.69, 9.17) is 4.74 Å². The van der Waals surface area contributed by atoms with Gasteiger partial charge in [-0.3, -0.25) is 4.98 Å². The van der Waals surface area contributed by atoms with Crippen LogP contribution in [-0.4, -0.2) is 59.7 Å². The SMILES string of the molecule is CS(=O)(=O)N1CCC(Nc2ncc(F)c(-c3cc(F)c4nccc(C5CCCO5)c4c3)n2)CC1. The van der Waals surface area contributed by atoms with Crippen molar-refractivity contribution in [3.8, 4) is 11.3 Å². The number of hydrogen-bond donors (Lipinski definition) is 1. The zero-order chi connectivity index (χ0) is 23.9. The molecule has 0 radical (unpaired) electrons. The lowest BCUT2D eigenvalue weighted by molar-refractivity contribution is 0.113. The molecule has 1 N–H and O–H groups in total. The third-order valence-corrected chi connectivity index (χ3v) is 7.69. The van der Waals surface area contributed by atoms with Crippen molar-refractivity contribution in [2.75, 3.05) is 31.3 Å². The number of nitrogens with zero attached hydrogens (tertiary/aromatic N) is 4. The second-order valence-electron chi connectivity index (χ2n) is 8.73. The standard InChI is InChI=1S/C23H25F2N5O3S/c1-34(31,32)30-8-5-15(6-9-30)28-23-27-13-19(25)21(29-23)14-11-17-16(20-3-2-10-33-20)4-7-26-22(17)18(24)12-14/h4,7,11-13,15,20H,2-3,5-6,8-10H2,1H3,(H,27,28,29). The van der Waals surface area contributed by atoms with Gasteiger partial charge in [0.15, 0.2) is 5.82 Å². The van der Waals surface area contributed by atoms with Gasteiger partial charge in [0, 0.05) is 42.9 Å². The zero-order valence-corrected chi connectivity index (χ0v) is 19.5. The van der Waals surface area contributed by atoms with Crippen molar-refractivity contribution in [3.63, 3.8) is 0 Å². The van der Waals surface area contributed by atoms with E-state index in [1.54, 1.807) is 12.3 Å². The number of pyridine rings is 1. The van der Waals surface area contributed by atoms with Crippen LogP contribution in [0.4, 0.5) is 14.7 Å². The quantitative estimate of drug-likeness (QED) is 0.584. The number of hydrogen-bond acceptors (Lipinski definition) is 7. The van der Waals surface area contributed by atoms with Crippen molar-refractivity contribution in [3.05, 3.63) is 47.8 Å². The highest BCUT2D eigenvalue weighted by Gasteiger charge is 2.26. The topological polar surface area (TPSA) is 97.3 Å². The molecule has 1 atom stereocenters. The van der Waals surface area contributed by atoms with Gasteiger partial charge in [0.2, 0.25) is 16.0 Å². The third-order valence-electron chi connectivity index (χ3n) is 6.38. The van der Waals surface area contributed by atoms with E-state index in [1.165, 1.54) is 16.6 Å². The first-order chi connectivity index (χ1) is 16.3. The Morgan fingerprint density at radius 3 is 2.62 bits per heavy atom. The molecule has 180 valence electrons. The Labute approximate surface area is 196 Å². The largest absolute Gasteiger partial charge is 0.374 e. The van der Waals surface area contributed by atoms with E-state index in [1.807, 2.05) is 6.07 Å². The number of sulfonamides is 1. The van der Waals surface area contributed by atoms with Crippen LogP contribution in [-0.2, 0) is 14.8 Å². The number of piperidine rings is 1. The van der Waals surface area contributed by atoms with Gasteiger partial charge in [0.1, 0.15) is 17.0 Å². The molecule has 0 saturated carbocycles. The van der Waals surface area contributed by atoms with E-state index in [-0.39, 0.29) is 34.9 Å². The van der Waals surface area contributed by atoms with Crippen molar-refractivity contribution in [1.29, 1.82) is 0 Å². The Bertz CT molecular complexity index is 1320. The molecule has 1 unspecified atom stereocenters. The fourth-order valence-electron chi connectivity index (χ4n) is 4.63. The molecule has 11 heteroatoms. The van der Waals surface area contributed by atoms with Gasteiger partial charge in [-0.1, -0.05) is 0 Å². The van der Waals surface area contributed by atoms with Crippen LogP contribution in [0.2, 0.25) is 0 Å². The Morgan fingerprint density at radius 1 is 1.12 bits per heavy atom. The van der Waals surface area contributed by atoms with E-state index in [2.05, 4.69) is 20.3 Å². The molecule has 2 aromatic heterocycles. The Kier molecular flexibility index (Phi) is 6.17. The zero-order valence-electron chi connectivity index (χ0n) is 18.7. The number of rotatable bonds is 5. The van der Waals surface area contributed by atoms with E-state index < -0.39 is 21.7 Å². The molecule has 2 saturated heterocycles. The molecule has 1 aromatic carbocycles. The second-order valence-corrected chi connectivity index (χ2v) is 10.7. The van der Waals surface area contributed by atoms with Gasteiger partial charge in [0.25, 0.3) is 0 Å². The van der Waals surface area contributed by atoms with Gasteiger partial charge in [-0.25, -0.2) is 31.5 Å². The Hall–Kier alpha value is -2.76. The number of benzene rings is 1. The summed E-state index contributed by atoms with van der Waals surface area (Å²) in [6.45, 7) is 1.42. The predicted molar refractivity (Wildman–Crippen MR) is 124 cm³/mol. The number of anilines is 1. The van der Waals surface area contributed by atoms with Crippen LogP contribution >= 0.6 is 0 Å². The minimum absolute atomic E-state index is 0.0194. The van der Waals surface area contributed by atoms with Crippen LogP contribution in [0, 0.1) is 11.6 Å². The summed E-state index contributed by atoms with van der Waals surface area (Å²) in [5, 5.41) is 3.74. The molecular formula is C23H25F2N5O3S.